The first-order valence-electron chi connectivity index (χ1n) is 28.8. The zero-order chi connectivity index (χ0) is 54.8. The zero-order valence-electron chi connectivity index (χ0n) is 47.7. The van der Waals surface area contributed by atoms with E-state index in [2.05, 4.69) is 202 Å². The summed E-state index contributed by atoms with van der Waals surface area (Å²) in [5, 5.41) is 0. The van der Waals surface area contributed by atoms with Crippen LogP contribution in [0, 0.1) is 33.5 Å². The molecule has 0 aliphatic heterocycles. The normalized spacial score (nSPS) is 13.0. The summed E-state index contributed by atoms with van der Waals surface area (Å²) in [5.41, 5.74) is -1.89. The lowest BCUT2D eigenvalue weighted by molar-refractivity contribution is -0.270. The van der Waals surface area contributed by atoms with Crippen LogP contribution in [0.4, 0.5) is 0 Å². The van der Waals surface area contributed by atoms with E-state index in [1.165, 1.54) is 77.0 Å². The maximum atomic E-state index is 8.50. The topological polar surface area (TPSA) is 9.23 Å². The molecular weight excluding hydrogens is 881 g/mol. The van der Waals surface area contributed by atoms with E-state index in [9.17, 15) is 0 Å². The molecule has 2 atom stereocenters. The van der Waals surface area contributed by atoms with Gasteiger partial charge in [-0.15, -0.1) is 105 Å². The Morgan fingerprint density at radius 3 is 0.685 bits per heavy atom. The minimum Gasteiger partial charge on any atom is -0.366 e. The first-order valence-corrected chi connectivity index (χ1v) is 28.8. The van der Waals surface area contributed by atoms with Crippen LogP contribution in [0.2, 0.25) is 0 Å². The third kappa shape index (κ3) is 21.2. The molecule has 0 aliphatic rings. The molecule has 1 nitrogen and oxygen atoms in total. The standard InChI is InChI=1S/C72H114O/c1-17-45-65(47-41-37-33-35-39-43-63-67(49-19-3,50-20-4)51-21-5)69(55-25-9,56-26-10)71(59-29-13,60-30-14)73-72(61-31-15,62-32-16)70(57-27-11,58-28-12)66(46-18-2)48-42-38-34-36-40-44-64-68(52-22-6,53-23-7)54-24-8/h17-32,65-66H,1-16,33-64H2. The quantitative estimate of drug-likeness (QED) is 0.0436. The molecule has 0 spiro atoms. The average Bonchev–Trinajstić information content (AvgIpc) is 3.35. The van der Waals surface area contributed by atoms with E-state index in [0.717, 1.165) is 103 Å². The molecule has 0 amide bonds. The summed E-state index contributed by atoms with van der Waals surface area (Å²) in [6.45, 7) is 68.9. The number of ether oxygens (including phenoxy) is 1. The molecule has 0 aliphatic carbocycles. The third-order valence-electron chi connectivity index (χ3n) is 17.1. The Balaban J connectivity index is 7.30. The van der Waals surface area contributed by atoms with Gasteiger partial charge < -0.3 is 4.74 Å². The summed E-state index contributed by atoms with van der Waals surface area (Å²) in [5.74, 6) is 0.478. The highest BCUT2D eigenvalue weighted by Gasteiger charge is 2.61. The Bertz CT molecular complexity index is 1460. The predicted molar refractivity (Wildman–Crippen MR) is 334 cm³/mol. The van der Waals surface area contributed by atoms with Gasteiger partial charge in [0.15, 0.2) is 0 Å². The highest BCUT2D eigenvalue weighted by atomic mass is 16.5. The Hall–Kier alpha value is -4.20. The van der Waals surface area contributed by atoms with Gasteiger partial charge >= 0.3 is 0 Å². The molecule has 408 valence electrons. The van der Waals surface area contributed by atoms with Crippen LogP contribution in [0.25, 0.3) is 0 Å². The van der Waals surface area contributed by atoms with E-state index < -0.39 is 22.0 Å². The van der Waals surface area contributed by atoms with Crippen LogP contribution in [-0.4, -0.2) is 11.2 Å². The van der Waals surface area contributed by atoms with Gasteiger partial charge in [0.25, 0.3) is 0 Å². The maximum absolute atomic E-state index is 8.50. The first kappa shape index (κ1) is 68.8. The van der Waals surface area contributed by atoms with Crippen molar-refractivity contribution in [1.29, 1.82) is 0 Å². The molecule has 2 unspecified atom stereocenters. The van der Waals surface area contributed by atoms with Crippen molar-refractivity contribution in [3.63, 3.8) is 0 Å². The van der Waals surface area contributed by atoms with E-state index >= 15 is 0 Å². The summed E-state index contributed by atoms with van der Waals surface area (Å²) >= 11 is 0. The molecule has 0 fully saturated rings. The second-order valence-corrected chi connectivity index (χ2v) is 22.1. The number of hydrogen-bond donors (Lipinski definition) is 0. The third-order valence-corrected chi connectivity index (χ3v) is 17.1. The van der Waals surface area contributed by atoms with Gasteiger partial charge in [0.05, 0.1) is 11.2 Å². The molecule has 0 saturated carbocycles. The summed E-state index contributed by atoms with van der Waals surface area (Å²) in [6, 6.07) is 0. The highest BCUT2D eigenvalue weighted by molar-refractivity contribution is 5.19. The van der Waals surface area contributed by atoms with Crippen molar-refractivity contribution in [2.24, 2.45) is 33.5 Å². The Morgan fingerprint density at radius 2 is 0.466 bits per heavy atom. The van der Waals surface area contributed by atoms with Crippen molar-refractivity contribution in [2.75, 3.05) is 0 Å². The second kappa shape index (κ2) is 40.2. The van der Waals surface area contributed by atoms with Crippen molar-refractivity contribution in [3.8, 4) is 0 Å². The molecule has 0 heterocycles. The van der Waals surface area contributed by atoms with Crippen molar-refractivity contribution in [3.05, 3.63) is 202 Å². The number of hydrogen-bond acceptors (Lipinski definition) is 1. The van der Waals surface area contributed by atoms with Gasteiger partial charge in [0.2, 0.25) is 0 Å². The van der Waals surface area contributed by atoms with E-state index in [1.807, 2.05) is 0 Å². The molecule has 0 saturated heterocycles. The zero-order valence-corrected chi connectivity index (χ0v) is 47.7. The van der Waals surface area contributed by atoms with E-state index in [4.69, 9.17) is 4.74 Å². The van der Waals surface area contributed by atoms with Crippen LogP contribution in [0.15, 0.2) is 202 Å². The lowest BCUT2D eigenvalue weighted by atomic mass is 9.53. The monoisotopic (exact) mass is 995 g/mol. The predicted octanol–water partition coefficient (Wildman–Crippen LogP) is 23.1. The molecule has 73 heavy (non-hydrogen) atoms. The smallest absolute Gasteiger partial charge is 0.0823 e. The lowest BCUT2D eigenvalue weighted by Crippen LogP contribution is -2.63. The minimum atomic E-state index is -0.736. The fourth-order valence-corrected chi connectivity index (χ4v) is 13.8. The fourth-order valence-electron chi connectivity index (χ4n) is 13.8. The van der Waals surface area contributed by atoms with Crippen LogP contribution >= 0.6 is 0 Å². The molecule has 0 aromatic heterocycles. The summed E-state index contributed by atoms with van der Waals surface area (Å²) in [7, 11) is 0. The lowest BCUT2D eigenvalue weighted by Gasteiger charge is -2.62. The summed E-state index contributed by atoms with van der Waals surface area (Å²) in [4.78, 5) is 0. The van der Waals surface area contributed by atoms with E-state index in [0.29, 0.717) is 25.7 Å². The Morgan fingerprint density at radius 1 is 0.247 bits per heavy atom. The van der Waals surface area contributed by atoms with E-state index in [1.54, 1.807) is 0 Å². The van der Waals surface area contributed by atoms with Gasteiger partial charge in [0, 0.05) is 10.8 Å². The molecule has 0 N–H and O–H groups in total. The van der Waals surface area contributed by atoms with Gasteiger partial charge in [-0.1, -0.05) is 174 Å². The largest absolute Gasteiger partial charge is 0.366 e. The van der Waals surface area contributed by atoms with Crippen molar-refractivity contribution < 1.29 is 4.74 Å². The van der Waals surface area contributed by atoms with Crippen molar-refractivity contribution in [2.45, 2.75) is 217 Å². The summed E-state index contributed by atoms with van der Waals surface area (Å²) < 4.78 is 8.50. The van der Waals surface area contributed by atoms with Crippen LogP contribution in [0.1, 0.15) is 205 Å². The molecule has 0 aromatic carbocycles. The van der Waals surface area contributed by atoms with E-state index in [-0.39, 0.29) is 22.7 Å². The van der Waals surface area contributed by atoms with Crippen LogP contribution in [-0.2, 0) is 4.74 Å². The molecule has 0 rings (SSSR count). The Labute approximate surface area is 455 Å². The molecular formula is C72H114O. The van der Waals surface area contributed by atoms with Crippen LogP contribution in [0.5, 0.6) is 0 Å². The maximum Gasteiger partial charge on any atom is 0.0823 e. The second-order valence-electron chi connectivity index (χ2n) is 22.1. The van der Waals surface area contributed by atoms with Crippen LogP contribution < -0.4 is 0 Å². The van der Waals surface area contributed by atoms with Crippen LogP contribution in [0.3, 0.4) is 0 Å². The number of unbranched alkanes of at least 4 members (excludes halogenated alkanes) is 10. The fraction of sp³-hybridized carbons (Fsp3) is 0.556. The number of allylic oxidation sites excluding steroid dienone is 12. The van der Waals surface area contributed by atoms with Gasteiger partial charge in [0.1, 0.15) is 0 Å². The number of rotatable bonds is 56. The van der Waals surface area contributed by atoms with Gasteiger partial charge in [-0.05, 0) is 151 Å². The average molecular weight is 996 g/mol. The van der Waals surface area contributed by atoms with Crippen molar-refractivity contribution >= 4 is 0 Å². The van der Waals surface area contributed by atoms with Gasteiger partial charge in [-0.25, -0.2) is 0 Å². The summed E-state index contributed by atoms with van der Waals surface area (Å²) in [6.07, 6.45) is 65.7. The molecule has 0 radical (unpaired) electrons. The molecule has 0 bridgehead atoms. The molecule has 0 aromatic rings. The van der Waals surface area contributed by atoms with Crippen molar-refractivity contribution in [1.82, 2.24) is 0 Å². The van der Waals surface area contributed by atoms with Gasteiger partial charge in [-0.2, -0.15) is 0 Å². The first-order chi connectivity index (χ1) is 35.4. The Kier molecular flexibility index (Phi) is 37.8. The van der Waals surface area contributed by atoms with Gasteiger partial charge in [-0.3, -0.25) is 0 Å². The SMILES string of the molecule is C=CCC(CCCCCCCCC(CC=C)(CC=C)CC=C)C(CC=C)(CC=C)C(CC=C)(CC=C)OC(CC=C)(CC=C)C(CC=C)(CC=C)C(CC=C)CCCCCCCCC(CC=C)(CC=C)CC=C. The minimum absolute atomic E-state index is 0.199. The highest BCUT2D eigenvalue weighted by Crippen LogP contribution is 2.62. The molecule has 1 heteroatoms.